The fourth-order valence-electron chi connectivity index (χ4n) is 1.17. The number of aryl methyl sites for hydroxylation is 1. The minimum atomic E-state index is 0.669. The summed E-state index contributed by atoms with van der Waals surface area (Å²) in [4.78, 5) is 10.5. The van der Waals surface area contributed by atoms with Crippen molar-refractivity contribution in [1.29, 1.82) is 0 Å². The zero-order valence-electron chi connectivity index (χ0n) is 8.75. The van der Waals surface area contributed by atoms with E-state index < -0.39 is 0 Å². The Kier molecular flexibility index (Phi) is 4.17. The van der Waals surface area contributed by atoms with E-state index in [1.54, 1.807) is 12.1 Å². The van der Waals surface area contributed by atoms with E-state index >= 15 is 0 Å². The lowest BCUT2D eigenvalue weighted by Gasteiger charge is -2.08. The number of hydrogen-bond donors (Lipinski definition) is 0. The van der Waals surface area contributed by atoms with E-state index in [0.29, 0.717) is 5.56 Å². The van der Waals surface area contributed by atoms with Crippen LogP contribution >= 0.6 is 0 Å². The summed E-state index contributed by atoms with van der Waals surface area (Å²) in [6, 6.07) is 5.50. The third kappa shape index (κ3) is 2.87. The summed E-state index contributed by atoms with van der Waals surface area (Å²) in [6.45, 7) is 4.83. The van der Waals surface area contributed by atoms with E-state index in [9.17, 15) is 4.79 Å². The topological polar surface area (TPSA) is 26.3 Å². The number of hydrogen-bond acceptors (Lipinski definition) is 2. The predicted molar refractivity (Wildman–Crippen MR) is 57.0 cm³/mol. The van der Waals surface area contributed by atoms with Gasteiger partial charge < -0.3 is 4.74 Å². The summed E-state index contributed by atoms with van der Waals surface area (Å²) in [7, 11) is 0. The molecule has 0 heterocycles. The lowest BCUT2D eigenvalue weighted by molar-refractivity contribution is 0.112. The number of rotatable bonds is 5. The molecule has 0 aromatic heterocycles. The van der Waals surface area contributed by atoms with E-state index in [2.05, 4.69) is 6.92 Å². The maximum atomic E-state index is 10.5. The van der Waals surface area contributed by atoms with Crippen LogP contribution in [0.25, 0.3) is 0 Å². The molecule has 14 heavy (non-hydrogen) atoms. The molecule has 0 amide bonds. The van der Waals surface area contributed by atoms with Crippen LogP contribution in [0.3, 0.4) is 0 Å². The van der Waals surface area contributed by atoms with Gasteiger partial charge in [-0.1, -0.05) is 25.5 Å². The second kappa shape index (κ2) is 5.43. The van der Waals surface area contributed by atoms with Crippen LogP contribution in [-0.4, -0.2) is 12.9 Å². The van der Waals surface area contributed by atoms with Gasteiger partial charge in [0.25, 0.3) is 0 Å². The Morgan fingerprint density at radius 1 is 1.43 bits per heavy atom. The lowest BCUT2D eigenvalue weighted by atomic mass is 10.1. The molecule has 0 aliphatic heterocycles. The Labute approximate surface area is 84.9 Å². The van der Waals surface area contributed by atoms with Crippen molar-refractivity contribution in [2.45, 2.75) is 26.7 Å². The molecule has 0 atom stereocenters. The monoisotopic (exact) mass is 192 g/mol. The second-order valence-electron chi connectivity index (χ2n) is 3.34. The number of unbranched alkanes of at least 4 members (excludes halogenated alkanes) is 1. The Balaban J connectivity index is 2.68. The van der Waals surface area contributed by atoms with Crippen molar-refractivity contribution < 1.29 is 9.53 Å². The summed E-state index contributed by atoms with van der Waals surface area (Å²) >= 11 is 0. The smallest absolute Gasteiger partial charge is 0.150 e. The summed E-state index contributed by atoms with van der Waals surface area (Å²) in [5, 5.41) is 0. The SMILES string of the molecule is CCCCOc1cc(C=O)ccc1C. The minimum absolute atomic E-state index is 0.669. The first-order valence-corrected chi connectivity index (χ1v) is 4.96. The molecule has 2 nitrogen and oxygen atoms in total. The molecule has 76 valence electrons. The fourth-order valence-corrected chi connectivity index (χ4v) is 1.17. The van der Waals surface area contributed by atoms with Gasteiger partial charge in [-0.2, -0.15) is 0 Å². The molecule has 1 rings (SSSR count). The van der Waals surface area contributed by atoms with Crippen molar-refractivity contribution in [3.05, 3.63) is 29.3 Å². The predicted octanol–water partition coefficient (Wildman–Crippen LogP) is 2.99. The summed E-state index contributed by atoms with van der Waals surface area (Å²) in [6.07, 6.45) is 3.00. The Bertz CT molecular complexity index is 305. The van der Waals surface area contributed by atoms with Gasteiger partial charge in [0.05, 0.1) is 6.61 Å². The third-order valence-corrected chi connectivity index (χ3v) is 2.10. The van der Waals surface area contributed by atoms with Gasteiger partial charge in [0, 0.05) is 5.56 Å². The van der Waals surface area contributed by atoms with E-state index in [0.717, 1.165) is 37.0 Å². The van der Waals surface area contributed by atoms with Crippen LogP contribution in [0.4, 0.5) is 0 Å². The molecule has 0 radical (unpaired) electrons. The van der Waals surface area contributed by atoms with Crippen molar-refractivity contribution >= 4 is 6.29 Å². The van der Waals surface area contributed by atoms with Gasteiger partial charge in [0.1, 0.15) is 12.0 Å². The van der Waals surface area contributed by atoms with Crippen molar-refractivity contribution in [2.24, 2.45) is 0 Å². The Morgan fingerprint density at radius 2 is 2.21 bits per heavy atom. The van der Waals surface area contributed by atoms with Crippen LogP contribution in [0.2, 0.25) is 0 Å². The molecule has 0 unspecified atom stereocenters. The average Bonchev–Trinajstić information content (AvgIpc) is 2.21. The first kappa shape index (κ1) is 10.8. The molecule has 0 saturated heterocycles. The molecular formula is C12H16O2. The number of carbonyl (C=O) groups excluding carboxylic acids is 1. The van der Waals surface area contributed by atoms with Crippen LogP contribution in [0.1, 0.15) is 35.7 Å². The molecule has 1 aromatic rings. The zero-order chi connectivity index (χ0) is 10.4. The highest BCUT2D eigenvalue weighted by Gasteiger charge is 2.00. The average molecular weight is 192 g/mol. The molecule has 0 N–H and O–H groups in total. The molecule has 2 heteroatoms. The highest BCUT2D eigenvalue weighted by molar-refractivity contribution is 5.75. The first-order valence-electron chi connectivity index (χ1n) is 4.96. The molecule has 1 aromatic carbocycles. The molecule has 0 bridgehead atoms. The van der Waals surface area contributed by atoms with Crippen molar-refractivity contribution in [3.63, 3.8) is 0 Å². The van der Waals surface area contributed by atoms with Gasteiger partial charge in [-0.05, 0) is 25.0 Å². The number of aldehydes is 1. The highest BCUT2D eigenvalue weighted by Crippen LogP contribution is 2.18. The Hall–Kier alpha value is -1.31. The number of ether oxygens (including phenoxy) is 1. The van der Waals surface area contributed by atoms with Crippen LogP contribution < -0.4 is 4.74 Å². The number of benzene rings is 1. The molecule has 0 aliphatic rings. The normalized spacial score (nSPS) is 9.86. The van der Waals surface area contributed by atoms with Crippen LogP contribution in [0, 0.1) is 6.92 Å². The van der Waals surface area contributed by atoms with Gasteiger partial charge in [0.2, 0.25) is 0 Å². The third-order valence-electron chi connectivity index (χ3n) is 2.10. The maximum Gasteiger partial charge on any atom is 0.150 e. The van der Waals surface area contributed by atoms with Crippen LogP contribution in [0.15, 0.2) is 18.2 Å². The molecule has 0 fully saturated rings. The largest absolute Gasteiger partial charge is 0.493 e. The summed E-state index contributed by atoms with van der Waals surface area (Å²) < 4.78 is 5.56. The van der Waals surface area contributed by atoms with Crippen molar-refractivity contribution in [3.8, 4) is 5.75 Å². The molecule has 0 aliphatic carbocycles. The van der Waals surface area contributed by atoms with Crippen molar-refractivity contribution in [2.75, 3.05) is 6.61 Å². The maximum absolute atomic E-state index is 10.5. The van der Waals surface area contributed by atoms with Crippen LogP contribution in [0.5, 0.6) is 5.75 Å². The van der Waals surface area contributed by atoms with Gasteiger partial charge in [0.15, 0.2) is 0 Å². The van der Waals surface area contributed by atoms with Gasteiger partial charge in [-0.15, -0.1) is 0 Å². The van der Waals surface area contributed by atoms with E-state index in [1.165, 1.54) is 0 Å². The number of carbonyl (C=O) groups is 1. The molecule has 0 saturated carbocycles. The highest BCUT2D eigenvalue weighted by atomic mass is 16.5. The first-order chi connectivity index (χ1) is 6.77. The van der Waals surface area contributed by atoms with Gasteiger partial charge >= 0.3 is 0 Å². The zero-order valence-corrected chi connectivity index (χ0v) is 8.75. The van der Waals surface area contributed by atoms with E-state index in [4.69, 9.17) is 4.74 Å². The Morgan fingerprint density at radius 3 is 2.86 bits per heavy atom. The molecular weight excluding hydrogens is 176 g/mol. The minimum Gasteiger partial charge on any atom is -0.493 e. The fraction of sp³-hybridized carbons (Fsp3) is 0.417. The summed E-state index contributed by atoms with van der Waals surface area (Å²) in [5.74, 6) is 0.822. The van der Waals surface area contributed by atoms with E-state index in [-0.39, 0.29) is 0 Å². The quantitative estimate of drug-likeness (QED) is 0.529. The second-order valence-corrected chi connectivity index (χ2v) is 3.34. The van der Waals surface area contributed by atoms with Gasteiger partial charge in [-0.3, -0.25) is 4.79 Å². The molecule has 0 spiro atoms. The lowest BCUT2D eigenvalue weighted by Crippen LogP contribution is -1.98. The van der Waals surface area contributed by atoms with Gasteiger partial charge in [-0.25, -0.2) is 0 Å². The van der Waals surface area contributed by atoms with E-state index in [1.807, 2.05) is 13.0 Å². The van der Waals surface area contributed by atoms with Crippen molar-refractivity contribution in [1.82, 2.24) is 0 Å². The standard InChI is InChI=1S/C12H16O2/c1-3-4-7-14-12-8-11(9-13)6-5-10(12)2/h5-6,8-9H,3-4,7H2,1-2H3. The van der Waals surface area contributed by atoms with Crippen LogP contribution in [-0.2, 0) is 0 Å². The summed E-state index contributed by atoms with van der Waals surface area (Å²) in [5.41, 5.74) is 1.74.